The Morgan fingerprint density at radius 1 is 1.34 bits per heavy atom. The van der Waals surface area contributed by atoms with E-state index in [-0.39, 0.29) is 33.6 Å². The molecule has 9 nitrogen and oxygen atoms in total. The third-order valence-corrected chi connectivity index (χ3v) is 5.60. The number of nitrogens with one attached hydrogen (secondary N) is 2. The van der Waals surface area contributed by atoms with Gasteiger partial charge in [-0.3, -0.25) is 9.59 Å². The normalized spacial score (nSPS) is 14.1. The number of fused-ring (bicyclic) bond motifs is 1. The molecule has 0 aliphatic carbocycles. The van der Waals surface area contributed by atoms with Gasteiger partial charge in [0.2, 0.25) is 5.91 Å². The third kappa shape index (κ3) is 4.74. The van der Waals surface area contributed by atoms with Gasteiger partial charge in [-0.05, 0) is 32.8 Å². The van der Waals surface area contributed by atoms with Gasteiger partial charge in [0, 0.05) is 5.69 Å². The maximum atomic E-state index is 12.6. The number of aryl methyl sites for hydroxylation is 1. The zero-order valence-corrected chi connectivity index (χ0v) is 17.9. The van der Waals surface area contributed by atoms with Crippen molar-refractivity contribution in [1.82, 2.24) is 20.3 Å². The zero-order valence-electron chi connectivity index (χ0n) is 17.1. The first kappa shape index (κ1) is 22.4. The van der Waals surface area contributed by atoms with E-state index in [1.54, 1.807) is 20.8 Å². The molecule has 2 heterocycles. The Morgan fingerprint density at radius 2 is 2.00 bits per heavy atom. The number of ether oxygens (including phenoxy) is 1. The summed E-state index contributed by atoms with van der Waals surface area (Å²) in [5, 5.41) is 11.7. The topological polar surface area (TPSA) is 138 Å². The van der Waals surface area contributed by atoms with E-state index in [1.165, 1.54) is 13.2 Å². The van der Waals surface area contributed by atoms with Gasteiger partial charge in [0.15, 0.2) is 10.8 Å². The number of aromatic amines is 1. The summed E-state index contributed by atoms with van der Waals surface area (Å²) >= 11 is 1.03. The van der Waals surface area contributed by atoms with Crippen molar-refractivity contribution in [3.05, 3.63) is 27.7 Å². The Bertz CT molecular complexity index is 1060. The number of aromatic nitrogens is 3. The van der Waals surface area contributed by atoms with Crippen molar-refractivity contribution >= 4 is 34.7 Å². The molecule has 2 rings (SSSR count). The minimum Gasteiger partial charge on any atom is -0.465 e. The fourth-order valence-electron chi connectivity index (χ4n) is 2.45. The summed E-state index contributed by atoms with van der Waals surface area (Å²) in [6, 6.07) is 3.58. The van der Waals surface area contributed by atoms with Crippen molar-refractivity contribution in [2.24, 2.45) is 5.92 Å². The first-order valence-corrected chi connectivity index (χ1v) is 9.80. The number of amides is 1. The van der Waals surface area contributed by atoms with Gasteiger partial charge in [-0.15, -0.1) is 0 Å². The average molecular weight is 417 g/mol. The van der Waals surface area contributed by atoms with E-state index < -0.39 is 22.3 Å². The lowest BCUT2D eigenvalue weighted by Gasteiger charge is -2.28. The van der Waals surface area contributed by atoms with Crippen molar-refractivity contribution in [3.8, 4) is 6.07 Å². The van der Waals surface area contributed by atoms with Crippen LogP contribution in [0.1, 0.15) is 43.7 Å². The molecular formula is C19H23N5O4S. The van der Waals surface area contributed by atoms with E-state index in [9.17, 15) is 19.6 Å². The summed E-state index contributed by atoms with van der Waals surface area (Å²) in [6.07, 6.45) is 0. The van der Waals surface area contributed by atoms with Gasteiger partial charge in [-0.25, -0.2) is 14.8 Å². The van der Waals surface area contributed by atoms with Gasteiger partial charge in [0.25, 0.3) is 5.56 Å². The van der Waals surface area contributed by atoms with E-state index in [0.29, 0.717) is 5.69 Å². The van der Waals surface area contributed by atoms with Gasteiger partial charge in [0.05, 0.1) is 29.4 Å². The van der Waals surface area contributed by atoms with Crippen LogP contribution in [0, 0.1) is 24.2 Å². The molecule has 2 atom stereocenters. The van der Waals surface area contributed by atoms with Crippen LogP contribution in [0.4, 0.5) is 0 Å². The number of carbonyl (C=O) groups is 2. The van der Waals surface area contributed by atoms with E-state index in [1.807, 2.05) is 13.8 Å². The highest BCUT2D eigenvalue weighted by molar-refractivity contribution is 8.00. The monoisotopic (exact) mass is 417 g/mol. The van der Waals surface area contributed by atoms with E-state index in [2.05, 4.69) is 26.3 Å². The number of hydrogen-bond acceptors (Lipinski definition) is 8. The van der Waals surface area contributed by atoms with Crippen molar-refractivity contribution in [2.75, 3.05) is 7.11 Å². The molecule has 1 amide bonds. The number of thioether (sulfide) groups is 1. The summed E-state index contributed by atoms with van der Waals surface area (Å²) in [4.78, 5) is 48.2. The lowest BCUT2D eigenvalue weighted by Crippen LogP contribution is -2.51. The van der Waals surface area contributed by atoms with Crippen molar-refractivity contribution < 1.29 is 14.3 Å². The molecule has 0 aromatic carbocycles. The predicted octanol–water partition coefficient (Wildman–Crippen LogP) is 1.95. The van der Waals surface area contributed by atoms with Gasteiger partial charge in [-0.2, -0.15) is 5.26 Å². The molecule has 2 aromatic heterocycles. The van der Waals surface area contributed by atoms with E-state index in [0.717, 1.165) is 11.8 Å². The third-order valence-electron chi connectivity index (χ3n) is 4.62. The molecule has 0 bridgehead atoms. The predicted molar refractivity (Wildman–Crippen MR) is 109 cm³/mol. The van der Waals surface area contributed by atoms with E-state index in [4.69, 9.17) is 4.74 Å². The Hall–Kier alpha value is -2.93. The van der Waals surface area contributed by atoms with Crippen LogP contribution in [0.5, 0.6) is 0 Å². The van der Waals surface area contributed by atoms with Gasteiger partial charge in [-0.1, -0.05) is 25.6 Å². The number of esters is 1. The fourth-order valence-corrected chi connectivity index (χ4v) is 3.24. The lowest BCUT2D eigenvalue weighted by atomic mass is 9.90. The maximum Gasteiger partial charge on any atom is 0.338 e. The number of H-pyrrole nitrogens is 1. The second-order valence-electron chi connectivity index (χ2n) is 7.09. The summed E-state index contributed by atoms with van der Waals surface area (Å²) < 4.78 is 4.73. The second kappa shape index (κ2) is 8.61. The number of pyridine rings is 1. The first-order valence-electron chi connectivity index (χ1n) is 8.92. The smallest absolute Gasteiger partial charge is 0.338 e. The number of nitriles is 1. The Morgan fingerprint density at radius 3 is 2.55 bits per heavy atom. The highest BCUT2D eigenvalue weighted by Crippen LogP contribution is 2.23. The number of carbonyl (C=O) groups excluding carboxylic acids is 2. The van der Waals surface area contributed by atoms with Gasteiger partial charge < -0.3 is 15.0 Å². The molecule has 154 valence electrons. The molecule has 0 fully saturated rings. The Labute approximate surface area is 172 Å². The molecule has 0 aliphatic rings. The molecule has 2 N–H and O–H groups in total. The summed E-state index contributed by atoms with van der Waals surface area (Å²) in [5.74, 6) is -1.11. The zero-order chi connectivity index (χ0) is 21.9. The second-order valence-corrected chi connectivity index (χ2v) is 8.42. The highest BCUT2D eigenvalue weighted by atomic mass is 32.2. The molecule has 2 unspecified atom stereocenters. The Kier molecular flexibility index (Phi) is 6.64. The van der Waals surface area contributed by atoms with Crippen LogP contribution < -0.4 is 10.9 Å². The molecule has 0 spiro atoms. The van der Waals surface area contributed by atoms with Crippen LogP contribution in [0.15, 0.2) is 16.0 Å². The SMILES string of the molecule is COC(=O)c1cc(C)nc2nc(SC(C)C(=O)NC(C)(C#N)C(C)C)[nH]c(=O)c12. The lowest BCUT2D eigenvalue weighted by molar-refractivity contribution is -0.121. The van der Waals surface area contributed by atoms with Crippen molar-refractivity contribution in [1.29, 1.82) is 5.26 Å². The van der Waals surface area contributed by atoms with Crippen molar-refractivity contribution in [3.63, 3.8) is 0 Å². The molecular weight excluding hydrogens is 394 g/mol. The minimum atomic E-state index is -1.01. The summed E-state index contributed by atoms with van der Waals surface area (Å²) in [6.45, 7) is 8.66. The van der Waals surface area contributed by atoms with Crippen molar-refractivity contribution in [2.45, 2.75) is 50.6 Å². The number of methoxy groups -OCH3 is 1. The average Bonchev–Trinajstić information content (AvgIpc) is 2.65. The molecule has 0 radical (unpaired) electrons. The standard InChI is InChI=1S/C19H23N5O4S/c1-9(2)19(5,8-20)24-15(25)11(4)29-18-22-14-13(16(26)23-18)12(17(27)28-6)7-10(3)21-14/h7,9,11H,1-6H3,(H,24,25)(H,21,22,23,26). The number of hydrogen-bond donors (Lipinski definition) is 2. The van der Waals surface area contributed by atoms with Crippen LogP contribution in [0.25, 0.3) is 11.0 Å². The summed E-state index contributed by atoms with van der Waals surface area (Å²) in [7, 11) is 1.22. The first-order chi connectivity index (χ1) is 13.5. The van der Waals surface area contributed by atoms with Gasteiger partial charge >= 0.3 is 5.97 Å². The van der Waals surface area contributed by atoms with Crippen LogP contribution >= 0.6 is 11.8 Å². The molecule has 0 aliphatic heterocycles. The molecule has 10 heteroatoms. The summed E-state index contributed by atoms with van der Waals surface area (Å²) in [5.41, 5.74) is -0.896. The molecule has 0 saturated heterocycles. The van der Waals surface area contributed by atoms with Crippen LogP contribution in [0.2, 0.25) is 0 Å². The van der Waals surface area contributed by atoms with Gasteiger partial charge in [0.1, 0.15) is 5.54 Å². The number of nitrogens with zero attached hydrogens (tertiary/aromatic N) is 3. The Balaban J connectivity index is 2.36. The quantitative estimate of drug-likeness (QED) is 0.413. The molecule has 29 heavy (non-hydrogen) atoms. The molecule has 0 saturated carbocycles. The number of rotatable bonds is 6. The maximum absolute atomic E-state index is 12.6. The van der Waals surface area contributed by atoms with Crippen LogP contribution in [-0.2, 0) is 9.53 Å². The highest BCUT2D eigenvalue weighted by Gasteiger charge is 2.32. The van der Waals surface area contributed by atoms with E-state index >= 15 is 0 Å². The van der Waals surface area contributed by atoms with Crippen LogP contribution in [-0.4, -0.2) is 44.7 Å². The molecule has 2 aromatic rings. The van der Waals surface area contributed by atoms with Crippen LogP contribution in [0.3, 0.4) is 0 Å². The fraction of sp³-hybridized carbons (Fsp3) is 0.474. The minimum absolute atomic E-state index is 0.0285. The largest absolute Gasteiger partial charge is 0.465 e.